The smallest absolute Gasteiger partial charge is 0.0140 e. The van der Waals surface area contributed by atoms with Crippen molar-refractivity contribution in [2.24, 2.45) is 16.7 Å². The molecule has 0 heterocycles. The lowest BCUT2D eigenvalue weighted by Crippen LogP contribution is -2.44. The summed E-state index contributed by atoms with van der Waals surface area (Å²) in [4.78, 5) is 0. The van der Waals surface area contributed by atoms with Crippen molar-refractivity contribution in [2.45, 2.75) is 46.1 Å². The van der Waals surface area contributed by atoms with Gasteiger partial charge in [0.1, 0.15) is 0 Å². The van der Waals surface area contributed by atoms with Crippen LogP contribution in [0.5, 0.6) is 0 Å². The minimum Gasteiger partial charge on any atom is -0.310 e. The number of nitrogens with one attached hydrogen (secondary N) is 1. The highest BCUT2D eigenvalue weighted by molar-refractivity contribution is 5.48. The van der Waals surface area contributed by atoms with Gasteiger partial charge in [-0.05, 0) is 41.6 Å². The summed E-state index contributed by atoms with van der Waals surface area (Å²) in [5.41, 5.74) is 2.28. The first-order valence-corrected chi connectivity index (χ1v) is 7.99. The molecular weight excluding hydrogens is 242 g/mol. The summed E-state index contributed by atoms with van der Waals surface area (Å²) in [5, 5.41) is 3.79. The maximum absolute atomic E-state index is 3.79. The van der Waals surface area contributed by atoms with Gasteiger partial charge in [0.2, 0.25) is 0 Å². The van der Waals surface area contributed by atoms with E-state index in [0.717, 1.165) is 12.5 Å². The molecule has 108 valence electrons. The molecule has 1 nitrogen and oxygen atoms in total. The summed E-state index contributed by atoms with van der Waals surface area (Å²) in [7, 11) is 0. The van der Waals surface area contributed by atoms with E-state index in [1.807, 2.05) is 0 Å². The van der Waals surface area contributed by atoms with E-state index in [2.05, 4.69) is 68.6 Å². The Morgan fingerprint density at radius 1 is 1.20 bits per heavy atom. The Balaban J connectivity index is 1.57. The molecule has 0 radical (unpaired) electrons. The molecule has 20 heavy (non-hydrogen) atoms. The van der Waals surface area contributed by atoms with Gasteiger partial charge >= 0.3 is 0 Å². The van der Waals surface area contributed by atoms with Crippen molar-refractivity contribution in [3.63, 3.8) is 0 Å². The van der Waals surface area contributed by atoms with Crippen LogP contribution in [0.1, 0.15) is 45.6 Å². The molecule has 3 rings (SSSR count). The second-order valence-electron chi connectivity index (χ2n) is 7.38. The predicted octanol–water partition coefficient (Wildman–Crippen LogP) is 4.50. The number of fused-ring (bicyclic) bond motifs is 2. The Kier molecular flexibility index (Phi) is 3.50. The van der Waals surface area contributed by atoms with Crippen molar-refractivity contribution in [1.29, 1.82) is 0 Å². The molecule has 1 aromatic carbocycles. The van der Waals surface area contributed by atoms with Gasteiger partial charge < -0.3 is 5.32 Å². The van der Waals surface area contributed by atoms with Gasteiger partial charge in [-0.3, -0.25) is 0 Å². The third-order valence-electron chi connectivity index (χ3n) is 6.39. The van der Waals surface area contributed by atoms with Crippen LogP contribution >= 0.6 is 0 Å². The number of hydrogen-bond donors (Lipinski definition) is 1. The quantitative estimate of drug-likeness (QED) is 0.848. The monoisotopic (exact) mass is 269 g/mol. The molecule has 1 aromatic rings. The zero-order chi connectivity index (χ0) is 14.2. The maximum Gasteiger partial charge on any atom is 0.0140 e. The zero-order valence-corrected chi connectivity index (χ0v) is 13.0. The van der Waals surface area contributed by atoms with Gasteiger partial charge in [-0.15, -0.1) is 0 Å². The van der Waals surface area contributed by atoms with Crippen LogP contribution in [0.3, 0.4) is 0 Å². The molecule has 2 aliphatic carbocycles. The first kappa shape index (κ1) is 13.9. The van der Waals surface area contributed by atoms with E-state index >= 15 is 0 Å². The summed E-state index contributed by atoms with van der Waals surface area (Å²) in [6, 6.07) is 11.2. The molecule has 3 unspecified atom stereocenters. The SMILES string of the molecule is CC1(C)C2CCC1(C)C(NC/C=C/c1ccccc1)C2. The highest BCUT2D eigenvalue weighted by Crippen LogP contribution is 2.65. The molecule has 2 saturated carbocycles. The molecule has 3 atom stereocenters. The summed E-state index contributed by atoms with van der Waals surface area (Å²) in [6.45, 7) is 8.44. The Hall–Kier alpha value is -1.08. The van der Waals surface area contributed by atoms with Gasteiger partial charge in [0.15, 0.2) is 0 Å². The van der Waals surface area contributed by atoms with Crippen LogP contribution in [-0.2, 0) is 0 Å². The van der Waals surface area contributed by atoms with Crippen molar-refractivity contribution >= 4 is 6.08 Å². The Morgan fingerprint density at radius 3 is 2.55 bits per heavy atom. The molecule has 2 aliphatic rings. The van der Waals surface area contributed by atoms with Crippen LogP contribution in [0, 0.1) is 16.7 Å². The molecule has 0 aromatic heterocycles. The van der Waals surface area contributed by atoms with Gasteiger partial charge in [-0.1, -0.05) is 63.3 Å². The van der Waals surface area contributed by atoms with Gasteiger partial charge in [0, 0.05) is 12.6 Å². The average Bonchev–Trinajstić information content (AvgIpc) is 2.78. The minimum atomic E-state index is 0.484. The third-order valence-corrected chi connectivity index (χ3v) is 6.39. The van der Waals surface area contributed by atoms with Gasteiger partial charge in [-0.2, -0.15) is 0 Å². The minimum absolute atomic E-state index is 0.484. The van der Waals surface area contributed by atoms with Crippen LogP contribution in [0.15, 0.2) is 36.4 Å². The van der Waals surface area contributed by atoms with E-state index in [1.54, 1.807) is 0 Å². The fourth-order valence-corrected chi connectivity index (χ4v) is 4.48. The largest absolute Gasteiger partial charge is 0.310 e. The van der Waals surface area contributed by atoms with E-state index in [4.69, 9.17) is 0 Å². The Labute approximate surface area is 123 Å². The van der Waals surface area contributed by atoms with Crippen LogP contribution in [0.25, 0.3) is 6.08 Å². The molecular formula is C19H27N. The summed E-state index contributed by atoms with van der Waals surface area (Å²) < 4.78 is 0. The number of benzene rings is 1. The first-order chi connectivity index (χ1) is 9.54. The van der Waals surface area contributed by atoms with Gasteiger partial charge in [0.05, 0.1) is 0 Å². The molecule has 0 saturated heterocycles. The average molecular weight is 269 g/mol. The second-order valence-corrected chi connectivity index (χ2v) is 7.38. The predicted molar refractivity (Wildman–Crippen MR) is 86.5 cm³/mol. The van der Waals surface area contributed by atoms with E-state index in [9.17, 15) is 0 Å². The van der Waals surface area contributed by atoms with Crippen molar-refractivity contribution < 1.29 is 0 Å². The number of rotatable bonds is 4. The topological polar surface area (TPSA) is 12.0 Å². The maximum atomic E-state index is 3.79. The second kappa shape index (κ2) is 5.04. The van der Waals surface area contributed by atoms with Crippen LogP contribution in [0.2, 0.25) is 0 Å². The van der Waals surface area contributed by atoms with Gasteiger partial charge in [0.25, 0.3) is 0 Å². The molecule has 2 bridgehead atoms. The fraction of sp³-hybridized carbons (Fsp3) is 0.579. The zero-order valence-electron chi connectivity index (χ0n) is 13.0. The normalized spacial score (nSPS) is 35.0. The molecule has 0 spiro atoms. The van der Waals surface area contributed by atoms with Crippen LogP contribution < -0.4 is 5.32 Å². The highest BCUT2D eigenvalue weighted by atomic mass is 15.0. The molecule has 2 fully saturated rings. The Bertz CT molecular complexity index is 488. The van der Waals surface area contributed by atoms with Crippen LogP contribution in [0.4, 0.5) is 0 Å². The summed E-state index contributed by atoms with van der Waals surface area (Å²) >= 11 is 0. The fourth-order valence-electron chi connectivity index (χ4n) is 4.48. The van der Waals surface area contributed by atoms with E-state index in [1.165, 1.54) is 24.8 Å². The van der Waals surface area contributed by atoms with Crippen LogP contribution in [-0.4, -0.2) is 12.6 Å². The van der Waals surface area contributed by atoms with Gasteiger partial charge in [-0.25, -0.2) is 0 Å². The third kappa shape index (κ3) is 2.13. The lowest BCUT2D eigenvalue weighted by atomic mass is 9.69. The molecule has 1 N–H and O–H groups in total. The molecule has 0 amide bonds. The van der Waals surface area contributed by atoms with Crippen molar-refractivity contribution in [1.82, 2.24) is 5.32 Å². The van der Waals surface area contributed by atoms with E-state index < -0.39 is 0 Å². The summed E-state index contributed by atoms with van der Waals surface area (Å²) in [6.07, 6.45) is 8.67. The highest BCUT2D eigenvalue weighted by Gasteiger charge is 2.60. The first-order valence-electron chi connectivity index (χ1n) is 7.99. The van der Waals surface area contributed by atoms with E-state index in [-0.39, 0.29) is 0 Å². The standard InChI is InChI=1S/C19H27N/c1-18(2)16-11-12-19(18,3)17(14-16)20-13-7-10-15-8-5-4-6-9-15/h4-10,16-17,20H,11-14H2,1-3H3/b10-7+. The number of hydrogen-bond acceptors (Lipinski definition) is 1. The van der Waals surface area contributed by atoms with Crippen molar-refractivity contribution in [3.8, 4) is 0 Å². The lowest BCUT2D eigenvalue weighted by Gasteiger charge is -2.39. The Morgan fingerprint density at radius 2 is 1.95 bits per heavy atom. The van der Waals surface area contributed by atoms with Crippen molar-refractivity contribution in [2.75, 3.05) is 6.54 Å². The molecule has 1 heteroatoms. The lowest BCUT2D eigenvalue weighted by molar-refractivity contribution is 0.123. The van der Waals surface area contributed by atoms with Crippen molar-refractivity contribution in [3.05, 3.63) is 42.0 Å². The molecule has 0 aliphatic heterocycles. The van der Waals surface area contributed by atoms with E-state index in [0.29, 0.717) is 16.9 Å². The summed E-state index contributed by atoms with van der Waals surface area (Å²) in [5.74, 6) is 0.920.